The van der Waals surface area contributed by atoms with E-state index in [-0.39, 0.29) is 5.78 Å². The predicted molar refractivity (Wildman–Crippen MR) is 53.6 cm³/mol. The minimum absolute atomic E-state index is 0.0994. The molecule has 2 heteroatoms. The Labute approximate surface area is 73.6 Å². The van der Waals surface area contributed by atoms with Crippen LogP contribution in [0.5, 0.6) is 0 Å². The van der Waals surface area contributed by atoms with Crippen molar-refractivity contribution >= 4 is 17.5 Å². The van der Waals surface area contributed by atoms with Crippen molar-refractivity contribution in [3.05, 3.63) is 23.0 Å². The normalized spacial score (nSPS) is 9.64. The van der Waals surface area contributed by atoms with Crippen LogP contribution in [-0.2, 0) is 4.79 Å². The Kier molecular flexibility index (Phi) is 11.3. The molecule has 0 spiro atoms. The average Bonchev–Trinajstić information content (AvgIpc) is 2.03. The van der Waals surface area contributed by atoms with Crippen LogP contribution in [0, 0.1) is 0 Å². The van der Waals surface area contributed by atoms with E-state index in [0.29, 0.717) is 0 Å². The summed E-state index contributed by atoms with van der Waals surface area (Å²) in [6, 6.07) is 0. The Morgan fingerprint density at radius 2 is 1.91 bits per heavy atom. The lowest BCUT2D eigenvalue weighted by atomic mass is 10.4. The molecule has 0 bridgehead atoms. The van der Waals surface area contributed by atoms with Crippen molar-refractivity contribution in [1.29, 1.82) is 0 Å². The van der Waals surface area contributed by atoms with Crippen LogP contribution in [0.2, 0.25) is 0 Å². The molecule has 64 valence electrons. The summed E-state index contributed by atoms with van der Waals surface area (Å²) in [7, 11) is 0. The maximum Gasteiger partial charge on any atom is 0.166 e. The van der Waals surface area contributed by atoms with E-state index in [1.54, 1.807) is 18.4 Å². The van der Waals surface area contributed by atoms with Gasteiger partial charge in [-0.2, -0.15) is 0 Å². The third kappa shape index (κ3) is 7.40. The molecule has 0 aliphatic heterocycles. The van der Waals surface area contributed by atoms with Crippen molar-refractivity contribution in [3.8, 4) is 0 Å². The van der Waals surface area contributed by atoms with Gasteiger partial charge in [0, 0.05) is 0 Å². The predicted octanol–water partition coefficient (Wildman–Crippen LogP) is 3.38. The number of Topliss-reactive ketones (excluding diaryl/α,β-unsaturated/α-hetero) is 1. The fraction of sp³-hybridized carbons (Fsp3) is 0.444. The number of carbonyl (C=O) groups is 1. The molecule has 0 unspecified atom stereocenters. The quantitative estimate of drug-likeness (QED) is 0.607. The van der Waals surface area contributed by atoms with Gasteiger partial charge < -0.3 is 0 Å². The molecule has 0 aliphatic carbocycles. The lowest BCUT2D eigenvalue weighted by Crippen LogP contribution is -1.88. The molecule has 0 aromatic heterocycles. The molecule has 0 atom stereocenters. The number of thioether (sulfide) groups is 1. The van der Waals surface area contributed by atoms with E-state index in [9.17, 15) is 4.79 Å². The molecule has 0 rings (SSSR count). The van der Waals surface area contributed by atoms with Gasteiger partial charge in [0.25, 0.3) is 0 Å². The molecule has 0 aromatic carbocycles. The fourth-order valence-corrected chi connectivity index (χ4v) is 0.926. The maximum absolute atomic E-state index is 10.6. The van der Waals surface area contributed by atoms with E-state index < -0.39 is 0 Å². The first-order chi connectivity index (χ1) is 5.22. The van der Waals surface area contributed by atoms with E-state index in [4.69, 9.17) is 0 Å². The Morgan fingerprint density at radius 3 is 2.00 bits per heavy atom. The van der Waals surface area contributed by atoms with Crippen LogP contribution >= 0.6 is 11.8 Å². The summed E-state index contributed by atoms with van der Waals surface area (Å²) < 4.78 is 0. The van der Waals surface area contributed by atoms with Crippen molar-refractivity contribution in [2.75, 3.05) is 0 Å². The molecule has 11 heavy (non-hydrogen) atoms. The molecular formula is C9H16OS. The monoisotopic (exact) mass is 172 g/mol. The maximum atomic E-state index is 10.6. The van der Waals surface area contributed by atoms with E-state index in [0.717, 1.165) is 4.91 Å². The van der Waals surface area contributed by atoms with Gasteiger partial charge in [0.05, 0.1) is 4.91 Å². The van der Waals surface area contributed by atoms with Crippen molar-refractivity contribution in [2.24, 2.45) is 0 Å². The van der Waals surface area contributed by atoms with E-state index in [1.165, 1.54) is 11.8 Å². The molecule has 0 saturated heterocycles. The van der Waals surface area contributed by atoms with Crippen molar-refractivity contribution < 1.29 is 4.79 Å². The molecule has 0 saturated carbocycles. The zero-order valence-corrected chi connectivity index (χ0v) is 8.49. The highest BCUT2D eigenvalue weighted by molar-refractivity contribution is 8.06. The molecule has 0 aliphatic rings. The van der Waals surface area contributed by atoms with Crippen molar-refractivity contribution in [1.82, 2.24) is 0 Å². The van der Waals surface area contributed by atoms with Gasteiger partial charge in [-0.3, -0.25) is 4.79 Å². The second kappa shape index (κ2) is 9.50. The molecule has 0 aromatic rings. The molecule has 0 N–H and O–H groups in total. The topological polar surface area (TPSA) is 17.1 Å². The van der Waals surface area contributed by atoms with Crippen molar-refractivity contribution in [3.63, 3.8) is 0 Å². The molecule has 0 amide bonds. The third-order valence-corrected chi connectivity index (χ3v) is 1.76. The summed E-state index contributed by atoms with van der Waals surface area (Å²) in [5, 5.41) is 1.65. The Bertz CT molecular complexity index is 148. The summed E-state index contributed by atoms with van der Waals surface area (Å²) in [5.41, 5.74) is 0. The van der Waals surface area contributed by atoms with Gasteiger partial charge in [-0.1, -0.05) is 38.3 Å². The summed E-state index contributed by atoms with van der Waals surface area (Å²) in [5.74, 6) is 0.0994. The van der Waals surface area contributed by atoms with Gasteiger partial charge in [-0.15, -0.1) is 0 Å². The van der Waals surface area contributed by atoms with Crippen LogP contribution in [0.1, 0.15) is 27.7 Å². The molecular weight excluding hydrogens is 156 g/mol. The van der Waals surface area contributed by atoms with Gasteiger partial charge >= 0.3 is 0 Å². The van der Waals surface area contributed by atoms with Crippen molar-refractivity contribution in [2.45, 2.75) is 27.7 Å². The van der Waals surface area contributed by atoms with E-state index in [2.05, 4.69) is 6.58 Å². The summed E-state index contributed by atoms with van der Waals surface area (Å²) in [4.78, 5) is 11.4. The van der Waals surface area contributed by atoms with E-state index >= 15 is 0 Å². The zero-order chi connectivity index (χ0) is 9.28. The highest BCUT2D eigenvalue weighted by atomic mass is 32.2. The van der Waals surface area contributed by atoms with Gasteiger partial charge in [-0.05, 0) is 19.3 Å². The Morgan fingerprint density at radius 1 is 1.45 bits per heavy atom. The lowest BCUT2D eigenvalue weighted by Gasteiger charge is -1.93. The second-order valence-electron chi connectivity index (χ2n) is 1.49. The van der Waals surface area contributed by atoms with Crippen LogP contribution < -0.4 is 0 Å². The summed E-state index contributed by atoms with van der Waals surface area (Å²) in [6.45, 7) is 10.9. The van der Waals surface area contributed by atoms with Crippen LogP contribution in [0.3, 0.4) is 0 Å². The van der Waals surface area contributed by atoms with Gasteiger partial charge in [-0.25, -0.2) is 0 Å². The molecule has 0 heterocycles. The standard InChI is InChI=1S/C7H10OS.C2H6/c1-4-7(6(3)8)9-5-2;1-2/h4-5H,2H2,1,3H3;1-2H3/b7-4-;. The van der Waals surface area contributed by atoms with Crippen LogP contribution in [-0.4, -0.2) is 5.78 Å². The fourth-order valence-electron chi connectivity index (χ4n) is 0.444. The highest BCUT2D eigenvalue weighted by Crippen LogP contribution is 2.15. The average molecular weight is 172 g/mol. The number of hydrogen-bond donors (Lipinski definition) is 0. The summed E-state index contributed by atoms with van der Waals surface area (Å²) in [6.07, 6.45) is 1.79. The second-order valence-corrected chi connectivity index (χ2v) is 2.50. The van der Waals surface area contributed by atoms with Gasteiger partial charge in [0.2, 0.25) is 0 Å². The first-order valence-corrected chi connectivity index (χ1v) is 4.55. The number of rotatable bonds is 3. The minimum atomic E-state index is 0.0994. The van der Waals surface area contributed by atoms with Gasteiger partial charge in [0.15, 0.2) is 5.78 Å². The number of ketones is 1. The summed E-state index contributed by atoms with van der Waals surface area (Å²) >= 11 is 1.36. The van der Waals surface area contributed by atoms with Crippen LogP contribution in [0.4, 0.5) is 0 Å². The minimum Gasteiger partial charge on any atom is -0.294 e. The molecule has 1 nitrogen and oxygen atoms in total. The number of carbonyl (C=O) groups excluding carboxylic acids is 1. The third-order valence-electron chi connectivity index (χ3n) is 0.819. The largest absolute Gasteiger partial charge is 0.294 e. The van der Waals surface area contributed by atoms with E-state index in [1.807, 2.05) is 20.8 Å². The van der Waals surface area contributed by atoms with Crippen LogP contribution in [0.25, 0.3) is 0 Å². The molecule has 0 fully saturated rings. The van der Waals surface area contributed by atoms with Crippen LogP contribution in [0.15, 0.2) is 23.0 Å². The SMILES string of the molecule is C=CS/C(=C\C)C(C)=O.CC. The molecule has 0 radical (unpaired) electrons. The first kappa shape index (κ1) is 13.1. The Hall–Kier alpha value is -0.500. The Balaban J connectivity index is 0. The first-order valence-electron chi connectivity index (χ1n) is 3.67. The lowest BCUT2D eigenvalue weighted by molar-refractivity contribution is -0.112. The zero-order valence-electron chi connectivity index (χ0n) is 7.68. The number of hydrogen-bond acceptors (Lipinski definition) is 2. The van der Waals surface area contributed by atoms with Gasteiger partial charge in [0.1, 0.15) is 0 Å². The highest BCUT2D eigenvalue weighted by Gasteiger charge is 1.97. The number of allylic oxidation sites excluding steroid dienone is 2. The smallest absolute Gasteiger partial charge is 0.166 e.